The van der Waals surface area contributed by atoms with E-state index in [-0.39, 0.29) is 57.8 Å². The Morgan fingerprint density at radius 2 is 1.21 bits per heavy atom. The summed E-state index contributed by atoms with van der Waals surface area (Å²) in [5.41, 5.74) is 2.99. The van der Waals surface area contributed by atoms with Crippen LogP contribution in [-0.2, 0) is 72.2 Å². The van der Waals surface area contributed by atoms with Crippen molar-refractivity contribution in [2.24, 2.45) is 35.3 Å². The number of aliphatic hydroxyl groups is 5. The molecule has 7 aromatic rings. The number of hydrogen-bond donors (Lipinski definition) is 17. The number of aryl methyl sites for hydroxylation is 1. The first kappa shape index (κ1) is 95.4. The van der Waals surface area contributed by atoms with E-state index in [9.17, 15) is 67.3 Å². The fourth-order valence-corrected chi connectivity index (χ4v) is 20.1. The largest absolute Gasteiger partial charge is 0.508 e. The minimum Gasteiger partial charge on any atom is -0.508 e. The van der Waals surface area contributed by atoms with Gasteiger partial charge in [-0.05, 0) is 215 Å². The number of fused-ring (bicyclic) bond motifs is 15. The van der Waals surface area contributed by atoms with E-state index in [2.05, 4.69) is 37.2 Å². The lowest BCUT2D eigenvalue weighted by Gasteiger charge is -2.54. The predicted molar refractivity (Wildman–Crippen MR) is 464 cm³/mol. The predicted octanol–water partition coefficient (Wildman–Crippen LogP) is 5.45. The molecule has 38 nitrogen and oxygen atoms in total. The summed E-state index contributed by atoms with van der Waals surface area (Å²) in [7, 11) is -8.10. The number of aliphatic hydroxyl groups excluding tert-OH is 5. The smallest absolute Gasteiger partial charge is 0.410 e. The Morgan fingerprint density at radius 1 is 0.618 bits per heavy atom. The van der Waals surface area contributed by atoms with Gasteiger partial charge in [0.1, 0.15) is 132 Å². The van der Waals surface area contributed by atoms with Crippen LogP contribution in [0.3, 0.4) is 0 Å². The molecule has 0 radical (unpaired) electrons. The number of benzene rings is 7. The summed E-state index contributed by atoms with van der Waals surface area (Å²) >= 11 is 14.4. The quantitative estimate of drug-likeness (QED) is 0.0333. The van der Waals surface area contributed by atoms with Crippen LogP contribution in [0.25, 0.3) is 11.1 Å². The molecule has 1 saturated heterocycles. The van der Waals surface area contributed by atoms with Gasteiger partial charge in [0.2, 0.25) is 59.3 Å². The topological polar surface area (TPSA) is 574 Å². The van der Waals surface area contributed by atoms with E-state index in [1.54, 1.807) is 53.7 Å². The highest BCUT2D eigenvalue weighted by Gasteiger charge is 2.52. The zero-order valence-electron chi connectivity index (χ0n) is 71.6. The maximum Gasteiger partial charge on any atom is 0.410 e. The van der Waals surface area contributed by atoms with Crippen molar-refractivity contribution in [1.29, 1.82) is 0 Å². The van der Waals surface area contributed by atoms with Gasteiger partial charge in [-0.1, -0.05) is 72.9 Å². The number of likely N-dealkylation sites (N-methyl/N-ethyl adjacent to an activating group) is 1. The lowest BCUT2D eigenvalue weighted by Crippen LogP contribution is -2.60. The molecule has 4 saturated carbocycles. The van der Waals surface area contributed by atoms with Crippen molar-refractivity contribution in [1.82, 2.24) is 46.8 Å². The SMILES string of the molecule is Cc1ccc(S(=O)(=O)OCCOc2ccc(S(=O)(=O)NC(=O)C[C@@H]3NC(=O)[C@H](NC(=O)[C@@H](CC(C)C)N(C)C(=O)OC(C)(C)C)[C@H](O)c4ccc(c(Cl)c4)Oc4cc5cc(c4O[C@@H]4O[C@H](CN)[C@@H](O)[C@H](O)[C@H]4O)Oc4ccc(cc4Cl)[C@@H](O)[C@@H]4NC(=O)[C@H](NC(=O)[C@@H]5NC3=O)c3ccc(O)c(c3)-c3c(O)cc(O)cc3[C@@H](C(=O)NC3C5CC6CC(C5)CC3C6)NC4=O)cc2)cc1. The fraction of sp³-hybridized carbons (Fsp3) is 0.427. The van der Waals surface area contributed by atoms with E-state index >= 15 is 33.6 Å². The summed E-state index contributed by atoms with van der Waals surface area (Å²) in [5, 5.41) is 113. The Labute approximate surface area is 761 Å². The molecule has 700 valence electrons. The first-order valence-corrected chi connectivity index (χ1v) is 45.8. The zero-order chi connectivity index (χ0) is 94.5. The number of carbonyl (C=O) groups excluding carboxylic acids is 9. The van der Waals surface area contributed by atoms with E-state index in [4.69, 9.17) is 61.5 Å². The van der Waals surface area contributed by atoms with E-state index < -0.39 is 273 Å². The Balaban J connectivity index is 0.917. The number of ether oxygens (including phenoxy) is 6. The molecular weight excluding hydrogens is 1790 g/mol. The number of nitrogens with zero attached hydrogens (tertiary/aromatic N) is 1. The van der Waals surface area contributed by atoms with Gasteiger partial charge < -0.3 is 112 Å². The summed E-state index contributed by atoms with van der Waals surface area (Å²) in [6.07, 6.45) is -12.6. The molecule has 6 heterocycles. The molecule has 6 aliphatic heterocycles. The van der Waals surface area contributed by atoms with Crippen LogP contribution in [0.1, 0.15) is 143 Å². The fourth-order valence-electron chi connectivity index (χ4n) is 17.7. The van der Waals surface area contributed by atoms with Gasteiger partial charge in [0.05, 0.1) is 26.3 Å². The zero-order valence-corrected chi connectivity index (χ0v) is 74.7. The molecule has 0 unspecified atom stereocenters. The number of sulfonamides is 1. The monoisotopic (exact) mass is 1890 g/mol. The van der Waals surface area contributed by atoms with Gasteiger partial charge in [-0.2, -0.15) is 8.42 Å². The standard InChI is InChI=1S/C89H100Cl2N10O28S2/c1-39(2)24-58(101(7)88(118)129-89(4,5)6)81(112)98-72-74(106)44-11-20-61(55(90)31-44)125-63-33-48-34-64(79(63)128-87-78(110)77(109)76(108)65(38-92)127-87)126-62-21-12-45(32-56(62)91)75(107)73-86(117)97-71(84(115)94-68-46-26-41-25-42(28-46)29-47(68)27-41)54-35-49(102)36-60(104)67(54)53-30-43(10-19-59(53)103)69(82(113)99-73)96-83(114)70(48)95-80(111)57(93-85(72)116)37-66(105)100-130(119,120)51-17-13-50(14-18-51)123-22-23-124-131(121,122)52-15-8-40(3)9-16-52/h8-21,30-36,39,41-42,46-47,57-58,65,68-78,87,102-104,106-110H,22-29,37-38,92H2,1-7H3,(H,93,116)(H,94,115)(H,95,111)(H,96,114)(H,97,117)(H,98,112)(H,99,113)(H,100,105)/t41?,42?,46?,47?,57-,58+,65+,68?,69+,70+,71-,72+,73-,74+,75+,76+,77-,78+,87-/m0/s1. The number of aromatic hydroxyl groups is 3. The lowest BCUT2D eigenvalue weighted by atomic mass is 9.54. The van der Waals surface area contributed by atoms with Gasteiger partial charge in [-0.3, -0.25) is 47.4 Å². The summed E-state index contributed by atoms with van der Waals surface area (Å²) in [6, 6.07) is 7.89. The van der Waals surface area contributed by atoms with E-state index in [1.165, 1.54) is 25.2 Å². The number of carbonyl (C=O) groups is 9. The van der Waals surface area contributed by atoms with Gasteiger partial charge in [0, 0.05) is 36.8 Å². The second kappa shape index (κ2) is 38.6. The summed E-state index contributed by atoms with van der Waals surface area (Å²) < 4.78 is 98.6. The molecule has 7 aromatic carbocycles. The second-order valence-electron chi connectivity index (χ2n) is 35.1. The average molecular weight is 1890 g/mol. The van der Waals surface area contributed by atoms with Crippen molar-refractivity contribution < 1.29 is 133 Å². The van der Waals surface area contributed by atoms with Crippen LogP contribution in [0.4, 0.5) is 4.79 Å². The minimum absolute atomic E-state index is 0.0239. The maximum atomic E-state index is 16.6. The van der Waals surface area contributed by atoms with Crippen molar-refractivity contribution in [3.05, 3.63) is 171 Å². The summed E-state index contributed by atoms with van der Waals surface area (Å²) in [5.74, 6) is -15.7. The third-order valence-corrected chi connectivity index (χ3v) is 27.3. The van der Waals surface area contributed by atoms with Crippen LogP contribution in [-0.4, -0.2) is 209 Å². The number of halogens is 2. The third-order valence-electron chi connectivity index (χ3n) is 24.0. The first-order chi connectivity index (χ1) is 61.9. The maximum absolute atomic E-state index is 16.6. The Hall–Kier alpha value is -11.7. The molecule has 9 amide bonds. The van der Waals surface area contributed by atoms with Crippen molar-refractivity contribution in [2.75, 3.05) is 26.8 Å². The first-order valence-electron chi connectivity index (χ1n) is 42.2. The van der Waals surface area contributed by atoms with Gasteiger partial charge >= 0.3 is 6.09 Å². The van der Waals surface area contributed by atoms with Gasteiger partial charge in [0.25, 0.3) is 20.1 Å². The van der Waals surface area contributed by atoms with Crippen molar-refractivity contribution in [3.63, 3.8) is 0 Å². The van der Waals surface area contributed by atoms with Crippen LogP contribution in [0.15, 0.2) is 137 Å². The molecule has 5 fully saturated rings. The number of phenolic OH excluding ortho intramolecular Hbond substituents is 3. The molecule has 131 heavy (non-hydrogen) atoms. The molecule has 15 bridgehead atoms. The molecule has 0 spiro atoms. The highest BCUT2D eigenvalue weighted by molar-refractivity contribution is 7.90. The number of amides is 9. The van der Waals surface area contributed by atoms with E-state index in [0.29, 0.717) is 11.8 Å². The summed E-state index contributed by atoms with van der Waals surface area (Å²) in [4.78, 5) is 140. The minimum atomic E-state index is -5.10. The number of phenols is 3. The lowest BCUT2D eigenvalue weighted by molar-refractivity contribution is -0.270. The van der Waals surface area contributed by atoms with Crippen LogP contribution < -0.4 is 66.6 Å². The van der Waals surface area contributed by atoms with E-state index in [1.807, 2.05) is 4.72 Å². The highest BCUT2D eigenvalue weighted by atomic mass is 35.5. The summed E-state index contributed by atoms with van der Waals surface area (Å²) in [6.45, 7) is 8.44. The Bertz CT molecular complexity index is 5820. The molecule has 18 N–H and O–H groups in total. The normalized spacial score (nSPS) is 26.2. The average Bonchev–Trinajstić information content (AvgIpc) is 0.753. The van der Waals surface area contributed by atoms with Crippen molar-refractivity contribution >= 4 is 96.7 Å². The van der Waals surface area contributed by atoms with Gasteiger partial charge in [0.15, 0.2) is 11.5 Å². The number of nitrogens with two attached hydrogens (primary N) is 1. The van der Waals surface area contributed by atoms with Gasteiger partial charge in [-0.15, -0.1) is 0 Å². The molecule has 42 heteroatoms. The number of hydrogen-bond acceptors (Lipinski definition) is 29. The van der Waals surface area contributed by atoms with Crippen LogP contribution in [0, 0.1) is 36.5 Å². The molecule has 4 aliphatic carbocycles. The van der Waals surface area contributed by atoms with Gasteiger partial charge in [-0.25, -0.2) is 17.9 Å². The van der Waals surface area contributed by atoms with Crippen molar-refractivity contribution in [3.8, 4) is 62.9 Å². The van der Waals surface area contributed by atoms with Crippen LogP contribution in [0.5, 0.6) is 51.7 Å². The molecule has 14 atom stereocenters. The number of nitrogens with one attached hydrogen (secondary N) is 8. The van der Waals surface area contributed by atoms with Crippen LogP contribution in [0.2, 0.25) is 10.0 Å². The Morgan fingerprint density at radius 3 is 1.81 bits per heavy atom. The second-order valence-corrected chi connectivity index (χ2v) is 39.2. The molecule has 17 rings (SSSR count). The van der Waals surface area contributed by atoms with Crippen LogP contribution >= 0.6 is 23.2 Å². The van der Waals surface area contributed by atoms with Crippen molar-refractivity contribution in [2.45, 2.75) is 193 Å². The third kappa shape index (κ3) is 21.1. The molecular formula is C89H100Cl2N10O28S2. The molecule has 0 aromatic heterocycles. The Kier molecular flexibility index (Phi) is 28.1. The highest BCUT2D eigenvalue weighted by Crippen LogP contribution is 2.55. The van der Waals surface area contributed by atoms with E-state index in [0.717, 1.165) is 140 Å². The molecule has 10 aliphatic rings. The number of rotatable bonds is 20.